The lowest BCUT2D eigenvalue weighted by Crippen LogP contribution is -1.94. The molecule has 0 N–H and O–H groups in total. The summed E-state index contributed by atoms with van der Waals surface area (Å²) in [5.41, 5.74) is 7.93. The Morgan fingerprint density at radius 1 is 1.23 bits per heavy atom. The van der Waals surface area contributed by atoms with E-state index in [0.717, 1.165) is 32.1 Å². The second kappa shape index (κ2) is 9.71. The van der Waals surface area contributed by atoms with Gasteiger partial charge in [-0.3, -0.25) is 0 Å². The largest absolute Gasteiger partial charge is 0.212 e. The summed E-state index contributed by atoms with van der Waals surface area (Å²) in [6.07, 6.45) is 10.0. The Labute approximate surface area is 159 Å². The molecule has 1 aromatic rings. The molecule has 1 heteroatoms. The highest BCUT2D eigenvalue weighted by Gasteiger charge is 2.29. The van der Waals surface area contributed by atoms with Gasteiger partial charge in [0.2, 0.25) is 0 Å². The van der Waals surface area contributed by atoms with Crippen LogP contribution in [0.2, 0.25) is 0 Å². The van der Waals surface area contributed by atoms with Crippen molar-refractivity contribution >= 4 is 5.57 Å². The van der Waals surface area contributed by atoms with E-state index in [1.165, 1.54) is 46.3 Å². The Hall–Kier alpha value is -1.89. The van der Waals surface area contributed by atoms with Gasteiger partial charge in [0.05, 0.1) is 5.83 Å². The van der Waals surface area contributed by atoms with Gasteiger partial charge >= 0.3 is 0 Å². The first-order valence-electron chi connectivity index (χ1n) is 9.87. The van der Waals surface area contributed by atoms with Crippen molar-refractivity contribution in [1.82, 2.24) is 0 Å². The van der Waals surface area contributed by atoms with Crippen LogP contribution in [-0.2, 0) is 6.42 Å². The number of unbranched alkanes of at least 4 members (excludes halogenated alkanes) is 1. The highest BCUT2D eigenvalue weighted by atomic mass is 19.1. The molecule has 0 spiro atoms. The van der Waals surface area contributed by atoms with Crippen molar-refractivity contribution in [3.8, 4) is 0 Å². The molecule has 0 radical (unpaired) electrons. The summed E-state index contributed by atoms with van der Waals surface area (Å²) < 4.78 is 12.7. The van der Waals surface area contributed by atoms with E-state index < -0.39 is 0 Å². The number of allylic oxidation sites excluding steroid dienone is 5. The molecule has 1 unspecified atom stereocenters. The molecule has 2 rings (SSSR count). The maximum atomic E-state index is 12.7. The van der Waals surface area contributed by atoms with Gasteiger partial charge in [0.15, 0.2) is 0 Å². The van der Waals surface area contributed by atoms with Crippen molar-refractivity contribution in [1.29, 1.82) is 0 Å². The van der Waals surface area contributed by atoms with Gasteiger partial charge in [-0.2, -0.15) is 0 Å². The zero-order valence-electron chi connectivity index (χ0n) is 16.5. The summed E-state index contributed by atoms with van der Waals surface area (Å²) in [4.78, 5) is 0. The van der Waals surface area contributed by atoms with Gasteiger partial charge in [0.1, 0.15) is 0 Å². The molecule has 0 aliphatic heterocycles. The normalized spacial score (nSPS) is 17.3. The van der Waals surface area contributed by atoms with E-state index in [2.05, 4.69) is 51.8 Å². The molecule has 140 valence electrons. The zero-order valence-corrected chi connectivity index (χ0v) is 16.5. The van der Waals surface area contributed by atoms with E-state index in [4.69, 9.17) is 0 Å². The van der Waals surface area contributed by atoms with E-state index in [1.807, 2.05) is 6.08 Å². The van der Waals surface area contributed by atoms with Crippen molar-refractivity contribution in [3.63, 3.8) is 0 Å². The van der Waals surface area contributed by atoms with Crippen molar-refractivity contribution < 1.29 is 4.39 Å². The fourth-order valence-electron chi connectivity index (χ4n) is 3.37. The molecular formula is C25H33F. The highest BCUT2D eigenvalue weighted by molar-refractivity contribution is 5.64. The molecule has 0 saturated heterocycles. The molecule has 1 fully saturated rings. The van der Waals surface area contributed by atoms with E-state index >= 15 is 0 Å². The van der Waals surface area contributed by atoms with E-state index in [0.29, 0.717) is 12.3 Å². The smallest absolute Gasteiger partial charge is 0.0965 e. The number of rotatable bonds is 11. The monoisotopic (exact) mass is 352 g/mol. The van der Waals surface area contributed by atoms with E-state index in [-0.39, 0.29) is 5.83 Å². The predicted octanol–water partition coefficient (Wildman–Crippen LogP) is 7.90. The topological polar surface area (TPSA) is 0 Å². The molecule has 1 atom stereocenters. The first-order valence-corrected chi connectivity index (χ1v) is 9.87. The third-order valence-electron chi connectivity index (χ3n) is 5.30. The molecule has 0 bridgehead atoms. The van der Waals surface area contributed by atoms with Crippen LogP contribution in [-0.4, -0.2) is 0 Å². The summed E-state index contributed by atoms with van der Waals surface area (Å²) in [6, 6.07) is 6.74. The van der Waals surface area contributed by atoms with Gasteiger partial charge < -0.3 is 0 Å². The molecule has 0 nitrogen and oxygen atoms in total. The molecule has 0 amide bonds. The van der Waals surface area contributed by atoms with Crippen LogP contribution in [0.25, 0.3) is 5.57 Å². The van der Waals surface area contributed by atoms with Crippen LogP contribution >= 0.6 is 0 Å². The van der Waals surface area contributed by atoms with Crippen LogP contribution in [0.5, 0.6) is 0 Å². The van der Waals surface area contributed by atoms with Gasteiger partial charge in [0, 0.05) is 6.42 Å². The molecular weight excluding hydrogens is 319 g/mol. The summed E-state index contributed by atoms with van der Waals surface area (Å²) >= 11 is 0. The number of aryl methyl sites for hydroxylation is 2. The van der Waals surface area contributed by atoms with Gasteiger partial charge in [-0.25, -0.2) is 4.39 Å². The van der Waals surface area contributed by atoms with E-state index in [1.54, 1.807) is 0 Å². The lowest BCUT2D eigenvalue weighted by atomic mass is 9.94. The molecule has 1 aliphatic carbocycles. The Morgan fingerprint density at radius 2 is 2.00 bits per heavy atom. The Balaban J connectivity index is 1.80. The van der Waals surface area contributed by atoms with Crippen molar-refractivity contribution in [3.05, 3.63) is 77.7 Å². The molecule has 1 aromatic carbocycles. The fraction of sp³-hybridized carbons (Fsp3) is 0.440. The minimum Gasteiger partial charge on any atom is -0.212 e. The standard InChI is InChI=1S/C25H33F/c1-6-7-8-22-16-23(13-11-20(22)4)19(3)10-9-18(2)15-25-17-24(25)14-12-21(5)26/h11,13-14,16,25H,2-3,5-10,12,15,17H2,1,4H3/b24-14+. The van der Waals surface area contributed by atoms with Crippen LogP contribution in [0, 0.1) is 12.8 Å². The second-order valence-corrected chi connectivity index (χ2v) is 7.70. The maximum Gasteiger partial charge on any atom is 0.0965 e. The van der Waals surface area contributed by atoms with Gasteiger partial charge in [0.25, 0.3) is 0 Å². The minimum absolute atomic E-state index is 0.255. The van der Waals surface area contributed by atoms with Crippen molar-refractivity contribution in [2.75, 3.05) is 0 Å². The van der Waals surface area contributed by atoms with Crippen LogP contribution < -0.4 is 0 Å². The third kappa shape index (κ3) is 6.44. The van der Waals surface area contributed by atoms with Crippen LogP contribution in [0.15, 0.2) is 61.0 Å². The summed E-state index contributed by atoms with van der Waals surface area (Å²) in [5.74, 6) is 0.324. The first kappa shape index (κ1) is 20.4. The SMILES string of the molecule is C=C(F)C/C=C1\CC1CC(=C)CCC(=C)c1ccc(C)c(CCCC)c1. The fourth-order valence-corrected chi connectivity index (χ4v) is 3.37. The predicted molar refractivity (Wildman–Crippen MR) is 113 cm³/mol. The lowest BCUT2D eigenvalue weighted by Gasteiger charge is -2.12. The number of hydrogen-bond donors (Lipinski definition) is 0. The summed E-state index contributed by atoms with van der Waals surface area (Å²) in [7, 11) is 0. The molecule has 1 saturated carbocycles. The van der Waals surface area contributed by atoms with Crippen LogP contribution in [0.3, 0.4) is 0 Å². The average Bonchev–Trinajstić information content (AvgIpc) is 3.35. The Morgan fingerprint density at radius 3 is 2.69 bits per heavy atom. The Kier molecular flexibility index (Phi) is 7.63. The number of halogens is 1. The first-order chi connectivity index (χ1) is 12.4. The van der Waals surface area contributed by atoms with Crippen LogP contribution in [0.1, 0.15) is 68.6 Å². The minimum atomic E-state index is -0.255. The molecule has 0 aromatic heterocycles. The van der Waals surface area contributed by atoms with Gasteiger partial charge in [-0.1, -0.05) is 68.5 Å². The van der Waals surface area contributed by atoms with Crippen molar-refractivity contribution in [2.45, 2.75) is 65.2 Å². The average molecular weight is 353 g/mol. The summed E-state index contributed by atoms with van der Waals surface area (Å²) in [6.45, 7) is 16.3. The van der Waals surface area contributed by atoms with E-state index in [9.17, 15) is 4.39 Å². The Bertz CT molecular complexity index is 705. The lowest BCUT2D eigenvalue weighted by molar-refractivity contribution is 0.622. The van der Waals surface area contributed by atoms with Gasteiger partial charge in [-0.15, -0.1) is 0 Å². The quantitative estimate of drug-likeness (QED) is 0.355. The van der Waals surface area contributed by atoms with Gasteiger partial charge in [-0.05, 0) is 73.6 Å². The molecule has 26 heavy (non-hydrogen) atoms. The number of hydrogen-bond acceptors (Lipinski definition) is 0. The highest BCUT2D eigenvalue weighted by Crippen LogP contribution is 2.43. The number of benzene rings is 1. The molecule has 0 heterocycles. The maximum absolute atomic E-state index is 12.7. The van der Waals surface area contributed by atoms with Crippen LogP contribution in [0.4, 0.5) is 4.39 Å². The third-order valence-corrected chi connectivity index (χ3v) is 5.30. The van der Waals surface area contributed by atoms with Crippen molar-refractivity contribution in [2.24, 2.45) is 5.92 Å². The second-order valence-electron chi connectivity index (χ2n) is 7.70. The zero-order chi connectivity index (χ0) is 19.1. The summed E-state index contributed by atoms with van der Waals surface area (Å²) in [5, 5.41) is 0. The molecule has 1 aliphatic rings.